The summed E-state index contributed by atoms with van der Waals surface area (Å²) in [5.74, 6) is 0. The second-order valence-electron chi connectivity index (χ2n) is 1.90. The third kappa shape index (κ3) is 0.580. The zero-order valence-corrected chi connectivity index (χ0v) is 5.77. The van der Waals surface area contributed by atoms with Crippen LogP contribution in [-0.2, 0) is 0 Å². The maximum Gasteiger partial charge on any atom is 0.194 e. The Kier molecular flexibility index (Phi) is 0.873. The minimum atomic E-state index is 1.02. The van der Waals surface area contributed by atoms with Crippen LogP contribution in [0.25, 0.3) is 4.96 Å². The topological polar surface area (TPSA) is 17.3 Å². The normalized spacial score (nSPS) is 10.8. The summed E-state index contributed by atoms with van der Waals surface area (Å²) in [5, 5.41) is 2.08. The number of aryl methyl sites for hydroxylation is 1. The van der Waals surface area contributed by atoms with Crippen LogP contribution in [0.3, 0.4) is 0 Å². The lowest BCUT2D eigenvalue weighted by atomic mass is 10.6. The highest BCUT2D eigenvalue weighted by Gasteiger charge is 1.96. The predicted octanol–water partition coefficient (Wildman–Crippen LogP) is 1.50. The van der Waals surface area contributed by atoms with E-state index in [1.165, 1.54) is 5.69 Å². The zero-order chi connectivity index (χ0) is 6.27. The maximum absolute atomic E-state index is 4.00. The second-order valence-corrected chi connectivity index (χ2v) is 2.74. The van der Waals surface area contributed by atoms with Gasteiger partial charge in [-0.1, -0.05) is 0 Å². The van der Waals surface area contributed by atoms with Crippen LogP contribution in [0.5, 0.6) is 0 Å². The molecule has 2 nitrogen and oxygen atoms in total. The van der Waals surface area contributed by atoms with Crippen molar-refractivity contribution in [3.63, 3.8) is 0 Å². The van der Waals surface area contributed by atoms with Gasteiger partial charge in [-0.2, -0.15) is 0 Å². The lowest BCUT2D eigenvalue weighted by Gasteiger charge is -1.82. The van der Waals surface area contributed by atoms with E-state index < -0.39 is 0 Å². The Bertz CT molecular complexity index is 320. The van der Waals surface area contributed by atoms with Crippen molar-refractivity contribution in [3.05, 3.63) is 23.5 Å². The van der Waals surface area contributed by atoms with Crippen molar-refractivity contribution in [2.45, 2.75) is 6.92 Å². The molecule has 0 bridgehead atoms. The molecule has 0 aromatic carbocycles. The Hall–Kier alpha value is -0.830. The van der Waals surface area contributed by atoms with E-state index in [1.54, 1.807) is 11.3 Å². The lowest BCUT2D eigenvalue weighted by Crippen LogP contribution is -1.76. The number of imidazole rings is 1. The Labute approximate surface area is 56.8 Å². The lowest BCUT2D eigenvalue weighted by molar-refractivity contribution is 1.13. The highest BCUT2D eigenvalue weighted by molar-refractivity contribution is 7.15. The second kappa shape index (κ2) is 1.57. The summed E-state index contributed by atoms with van der Waals surface area (Å²) in [7, 11) is 0. The minimum absolute atomic E-state index is 1.02. The van der Waals surface area contributed by atoms with Gasteiger partial charge in [0.05, 0.1) is 0 Å². The van der Waals surface area contributed by atoms with Crippen LogP contribution < -0.4 is 0 Å². The van der Waals surface area contributed by atoms with Crippen LogP contribution >= 0.6 is 11.3 Å². The number of rotatable bonds is 0. The number of thiazole rings is 1. The van der Waals surface area contributed by atoms with Crippen LogP contribution in [-0.4, -0.2) is 9.38 Å². The van der Waals surface area contributed by atoms with Gasteiger partial charge in [-0.25, -0.2) is 4.98 Å². The quantitative estimate of drug-likeness (QED) is 0.538. The summed E-state index contributed by atoms with van der Waals surface area (Å²) < 4.78 is 2.02. The van der Waals surface area contributed by atoms with E-state index in [9.17, 15) is 0 Å². The number of hydrogen-bond donors (Lipinski definition) is 0. The van der Waals surface area contributed by atoms with E-state index in [-0.39, 0.29) is 0 Å². The van der Waals surface area contributed by atoms with Gasteiger partial charge in [0.2, 0.25) is 0 Å². The average Bonchev–Trinajstić information content (AvgIpc) is 2.35. The average molecular weight is 137 g/mol. The van der Waals surface area contributed by atoms with E-state index >= 15 is 0 Å². The molecule has 0 unspecified atom stereocenters. The smallest absolute Gasteiger partial charge is 0.194 e. The maximum atomic E-state index is 4.00. The molecule has 3 heteroatoms. The van der Waals surface area contributed by atoms with Crippen molar-refractivity contribution in [1.29, 1.82) is 0 Å². The standard InChI is InChI=1S/C6H5N2S/c1-5-4-9-6-7-2-3-8(5)6/h3-4H,1H3. The monoisotopic (exact) mass is 137 g/mol. The molecule has 0 aliphatic rings. The summed E-state index contributed by atoms with van der Waals surface area (Å²) in [6.07, 6.45) is 4.63. The minimum Gasteiger partial charge on any atom is -0.294 e. The third-order valence-corrected chi connectivity index (χ3v) is 2.23. The fraction of sp³-hybridized carbons (Fsp3) is 0.167. The number of hydrogen-bond acceptors (Lipinski definition) is 2. The van der Waals surface area contributed by atoms with Gasteiger partial charge >= 0.3 is 0 Å². The molecule has 0 N–H and O–H groups in total. The van der Waals surface area contributed by atoms with Gasteiger partial charge in [0, 0.05) is 17.3 Å². The molecule has 0 saturated carbocycles. The Morgan fingerprint density at radius 1 is 1.78 bits per heavy atom. The largest absolute Gasteiger partial charge is 0.294 e. The van der Waals surface area contributed by atoms with Gasteiger partial charge in [-0.15, -0.1) is 11.3 Å². The van der Waals surface area contributed by atoms with Crippen LogP contribution in [0.4, 0.5) is 0 Å². The van der Waals surface area contributed by atoms with E-state index in [4.69, 9.17) is 0 Å². The zero-order valence-electron chi connectivity index (χ0n) is 4.96. The van der Waals surface area contributed by atoms with E-state index in [1.807, 2.05) is 10.6 Å². The number of fused-ring (bicyclic) bond motifs is 1. The molecule has 2 rings (SSSR count). The molecule has 2 aromatic heterocycles. The molecule has 0 aliphatic heterocycles. The first-order chi connectivity index (χ1) is 4.38. The first-order valence-electron chi connectivity index (χ1n) is 2.67. The number of nitrogens with zero attached hydrogens (tertiary/aromatic N) is 2. The van der Waals surface area contributed by atoms with Crippen molar-refractivity contribution in [2.75, 3.05) is 0 Å². The van der Waals surface area contributed by atoms with Crippen LogP contribution in [0.1, 0.15) is 5.69 Å². The van der Waals surface area contributed by atoms with Crippen LogP contribution in [0.15, 0.2) is 11.6 Å². The van der Waals surface area contributed by atoms with Crippen LogP contribution in [0, 0.1) is 13.1 Å². The van der Waals surface area contributed by atoms with E-state index in [0.717, 1.165) is 4.96 Å². The molecule has 9 heavy (non-hydrogen) atoms. The molecule has 0 aliphatic carbocycles. The Morgan fingerprint density at radius 3 is 3.44 bits per heavy atom. The van der Waals surface area contributed by atoms with E-state index in [2.05, 4.69) is 23.5 Å². The first-order valence-corrected chi connectivity index (χ1v) is 3.55. The summed E-state index contributed by atoms with van der Waals surface area (Å²) in [4.78, 5) is 5.02. The Balaban J connectivity index is 2.99. The van der Waals surface area contributed by atoms with Crippen LogP contribution in [0.2, 0.25) is 0 Å². The van der Waals surface area contributed by atoms with Gasteiger partial charge in [0.15, 0.2) is 4.96 Å². The molecule has 2 aromatic rings. The highest BCUT2D eigenvalue weighted by atomic mass is 32.1. The molecular formula is C6H5N2S. The number of aromatic nitrogens is 2. The first kappa shape index (κ1) is 4.99. The van der Waals surface area contributed by atoms with E-state index in [0.29, 0.717) is 0 Å². The molecule has 0 fully saturated rings. The molecule has 1 radical (unpaired) electrons. The van der Waals surface area contributed by atoms with Gasteiger partial charge in [-0.05, 0) is 6.92 Å². The molecular weight excluding hydrogens is 132 g/mol. The Morgan fingerprint density at radius 2 is 2.67 bits per heavy atom. The van der Waals surface area contributed by atoms with Crippen molar-refractivity contribution in [1.82, 2.24) is 9.38 Å². The molecule has 0 atom stereocenters. The van der Waals surface area contributed by atoms with Gasteiger partial charge in [-0.3, -0.25) is 4.40 Å². The third-order valence-electron chi connectivity index (χ3n) is 1.27. The summed E-state index contributed by atoms with van der Waals surface area (Å²) in [6.45, 7) is 2.05. The van der Waals surface area contributed by atoms with Crippen molar-refractivity contribution in [2.24, 2.45) is 0 Å². The summed E-state index contributed by atoms with van der Waals surface area (Å²) in [5.41, 5.74) is 1.23. The fourth-order valence-corrected chi connectivity index (χ4v) is 1.59. The highest BCUT2D eigenvalue weighted by Crippen LogP contribution is 2.11. The molecule has 0 saturated heterocycles. The SMILES string of the molecule is Cc1csc2n[c]cn12. The molecule has 45 valence electrons. The molecule has 0 spiro atoms. The van der Waals surface area contributed by atoms with Crippen molar-refractivity contribution >= 4 is 16.3 Å². The van der Waals surface area contributed by atoms with Crippen molar-refractivity contribution in [3.8, 4) is 0 Å². The van der Waals surface area contributed by atoms with Gasteiger partial charge < -0.3 is 0 Å². The van der Waals surface area contributed by atoms with Gasteiger partial charge in [0.25, 0.3) is 0 Å². The fourth-order valence-electron chi connectivity index (χ4n) is 0.781. The predicted molar refractivity (Wildman–Crippen MR) is 36.6 cm³/mol. The summed E-state index contributed by atoms with van der Waals surface area (Å²) in [6, 6.07) is 0. The molecule has 2 heterocycles. The van der Waals surface area contributed by atoms with Gasteiger partial charge in [0.1, 0.15) is 6.20 Å². The summed E-state index contributed by atoms with van der Waals surface area (Å²) >= 11 is 1.64. The molecule has 0 amide bonds. The van der Waals surface area contributed by atoms with Crippen molar-refractivity contribution < 1.29 is 0 Å².